The van der Waals surface area contributed by atoms with Crippen LogP contribution in [0.4, 0.5) is 0 Å². The summed E-state index contributed by atoms with van der Waals surface area (Å²) in [5.41, 5.74) is 1.41. The summed E-state index contributed by atoms with van der Waals surface area (Å²) >= 11 is 5.98. The Bertz CT molecular complexity index is 668. The van der Waals surface area contributed by atoms with E-state index in [0.717, 1.165) is 12.4 Å². The fraction of sp³-hybridized carbons (Fsp3) is 0.556. The highest BCUT2D eigenvalue weighted by Gasteiger charge is 2.33. The number of hydrogen-bond donors (Lipinski definition) is 0. The molecule has 0 N–H and O–H groups in total. The van der Waals surface area contributed by atoms with Crippen LogP contribution in [0.25, 0.3) is 0 Å². The molecule has 2 atom stereocenters. The van der Waals surface area contributed by atoms with E-state index >= 15 is 0 Å². The first-order valence-electron chi connectivity index (χ1n) is 8.58. The van der Waals surface area contributed by atoms with Crippen molar-refractivity contribution in [2.45, 2.75) is 50.5 Å². The summed E-state index contributed by atoms with van der Waals surface area (Å²) in [6, 6.07) is 4.68. The molecule has 2 saturated carbocycles. The number of halogens is 1. The van der Waals surface area contributed by atoms with Crippen LogP contribution in [0.5, 0.6) is 5.75 Å². The number of pyridine rings is 1. The predicted octanol–water partition coefficient (Wildman–Crippen LogP) is 4.62. The van der Waals surface area contributed by atoms with Crippen molar-refractivity contribution in [1.82, 2.24) is 14.8 Å². The zero-order valence-electron chi connectivity index (χ0n) is 13.2. The van der Waals surface area contributed by atoms with Gasteiger partial charge >= 0.3 is 0 Å². The first-order chi connectivity index (χ1) is 11.3. The molecule has 0 saturated heterocycles. The molecule has 2 unspecified atom stereocenters. The van der Waals surface area contributed by atoms with Crippen LogP contribution in [0, 0.1) is 5.92 Å². The van der Waals surface area contributed by atoms with Crippen LogP contribution >= 0.6 is 11.6 Å². The quantitative estimate of drug-likeness (QED) is 0.802. The average molecular weight is 332 g/mol. The van der Waals surface area contributed by atoms with Crippen LogP contribution in [0.3, 0.4) is 0 Å². The lowest BCUT2D eigenvalue weighted by Crippen LogP contribution is -2.26. The fourth-order valence-electron chi connectivity index (χ4n) is 3.71. The van der Waals surface area contributed by atoms with Gasteiger partial charge < -0.3 is 4.74 Å². The summed E-state index contributed by atoms with van der Waals surface area (Å²) in [5.74, 6) is 1.86. The van der Waals surface area contributed by atoms with Gasteiger partial charge in [-0.2, -0.15) is 5.10 Å². The second-order valence-electron chi connectivity index (χ2n) is 6.73. The van der Waals surface area contributed by atoms with Gasteiger partial charge in [-0.15, -0.1) is 0 Å². The molecule has 0 spiro atoms. The summed E-state index contributed by atoms with van der Waals surface area (Å²) in [5, 5.41) is 5.19. The van der Waals surface area contributed by atoms with Crippen LogP contribution in [-0.4, -0.2) is 21.4 Å². The van der Waals surface area contributed by atoms with E-state index < -0.39 is 0 Å². The Morgan fingerprint density at radius 3 is 2.87 bits per heavy atom. The number of aromatic nitrogens is 3. The van der Waals surface area contributed by atoms with Crippen LogP contribution in [0.1, 0.15) is 56.2 Å². The third kappa shape index (κ3) is 3.37. The first-order valence-corrected chi connectivity index (χ1v) is 8.96. The Hall–Kier alpha value is -1.55. The average Bonchev–Trinajstić information content (AvgIpc) is 3.30. The number of rotatable bonds is 5. The van der Waals surface area contributed by atoms with Crippen molar-refractivity contribution in [3.05, 3.63) is 41.4 Å². The molecular weight excluding hydrogens is 310 g/mol. The lowest BCUT2D eigenvalue weighted by atomic mass is 9.78. The van der Waals surface area contributed by atoms with Crippen LogP contribution in [-0.2, 0) is 0 Å². The lowest BCUT2D eigenvalue weighted by Gasteiger charge is -2.32. The van der Waals surface area contributed by atoms with E-state index in [-0.39, 0.29) is 0 Å². The minimum absolute atomic E-state index is 0.539. The molecule has 0 bridgehead atoms. The van der Waals surface area contributed by atoms with Crippen LogP contribution in [0.15, 0.2) is 30.7 Å². The highest BCUT2D eigenvalue weighted by molar-refractivity contribution is 6.30. The van der Waals surface area contributed by atoms with Gasteiger partial charge in [0.1, 0.15) is 5.75 Å². The second-order valence-corrected chi connectivity index (χ2v) is 7.17. The zero-order chi connectivity index (χ0) is 15.6. The zero-order valence-corrected chi connectivity index (χ0v) is 14.0. The molecule has 2 fully saturated rings. The number of hydrogen-bond acceptors (Lipinski definition) is 3. The molecule has 2 aromatic heterocycles. The van der Waals surface area contributed by atoms with Crippen molar-refractivity contribution >= 4 is 11.6 Å². The molecule has 2 aliphatic carbocycles. The van der Waals surface area contributed by atoms with Crippen molar-refractivity contribution in [2.24, 2.45) is 5.92 Å². The maximum Gasteiger partial charge on any atom is 0.139 e. The molecule has 0 aromatic carbocycles. The molecule has 0 amide bonds. The lowest BCUT2D eigenvalue weighted by molar-refractivity contribution is 0.181. The Morgan fingerprint density at radius 2 is 2.04 bits per heavy atom. The van der Waals surface area contributed by atoms with Crippen molar-refractivity contribution in [2.75, 3.05) is 6.61 Å². The van der Waals surface area contributed by atoms with E-state index in [4.69, 9.17) is 16.3 Å². The molecule has 4 nitrogen and oxygen atoms in total. The summed E-state index contributed by atoms with van der Waals surface area (Å²) in [4.78, 5) is 4.09. The van der Waals surface area contributed by atoms with Crippen molar-refractivity contribution in [3.63, 3.8) is 0 Å². The van der Waals surface area contributed by atoms with E-state index in [2.05, 4.69) is 20.8 Å². The molecule has 5 heteroatoms. The SMILES string of the molecule is Clc1cncc(OCC2CCCCC2c2ccnn2C2CC2)c1. The van der Waals surface area contributed by atoms with Gasteiger partial charge in [-0.1, -0.05) is 24.4 Å². The molecule has 0 aliphatic heterocycles. The van der Waals surface area contributed by atoms with Crippen LogP contribution < -0.4 is 4.74 Å². The first kappa shape index (κ1) is 15.0. The van der Waals surface area contributed by atoms with E-state index in [1.807, 2.05) is 12.3 Å². The standard InChI is InChI=1S/C18H22ClN3O/c19-14-9-16(11-20-10-14)23-12-13-3-1-2-4-17(13)18-7-8-21-22(18)15-5-6-15/h7-11,13,15,17H,1-6,12H2. The van der Waals surface area contributed by atoms with Crippen molar-refractivity contribution < 1.29 is 4.74 Å². The third-order valence-corrected chi connectivity index (χ3v) is 5.23. The minimum Gasteiger partial charge on any atom is -0.492 e. The monoisotopic (exact) mass is 331 g/mol. The van der Waals surface area contributed by atoms with Gasteiger partial charge in [0.2, 0.25) is 0 Å². The van der Waals surface area contributed by atoms with Gasteiger partial charge in [-0.3, -0.25) is 9.67 Å². The maximum absolute atomic E-state index is 5.99. The van der Waals surface area contributed by atoms with E-state index in [9.17, 15) is 0 Å². The number of nitrogens with zero attached hydrogens (tertiary/aromatic N) is 3. The van der Waals surface area contributed by atoms with Gasteiger partial charge in [-0.05, 0) is 31.7 Å². The molecule has 2 aliphatic rings. The maximum atomic E-state index is 5.99. The molecule has 122 valence electrons. The van der Waals surface area contributed by atoms with Gasteiger partial charge in [0.05, 0.1) is 23.9 Å². The third-order valence-electron chi connectivity index (χ3n) is 5.03. The van der Waals surface area contributed by atoms with E-state index in [1.54, 1.807) is 12.4 Å². The number of ether oxygens (including phenoxy) is 1. The highest BCUT2D eigenvalue weighted by atomic mass is 35.5. The fourth-order valence-corrected chi connectivity index (χ4v) is 3.88. The minimum atomic E-state index is 0.539. The van der Waals surface area contributed by atoms with Gasteiger partial charge in [0.25, 0.3) is 0 Å². The van der Waals surface area contributed by atoms with Crippen molar-refractivity contribution in [3.8, 4) is 5.75 Å². The molecule has 2 aromatic rings. The summed E-state index contributed by atoms with van der Waals surface area (Å²) < 4.78 is 8.26. The largest absolute Gasteiger partial charge is 0.492 e. The molecule has 4 rings (SSSR count). The normalized spacial score (nSPS) is 24.6. The van der Waals surface area contributed by atoms with Gasteiger partial charge in [-0.25, -0.2) is 0 Å². The van der Waals surface area contributed by atoms with Crippen LogP contribution in [0.2, 0.25) is 5.02 Å². The topological polar surface area (TPSA) is 39.9 Å². The van der Waals surface area contributed by atoms with E-state index in [1.165, 1.54) is 44.2 Å². The smallest absolute Gasteiger partial charge is 0.139 e. The predicted molar refractivity (Wildman–Crippen MR) is 89.9 cm³/mol. The van der Waals surface area contributed by atoms with E-state index in [0.29, 0.717) is 22.9 Å². The Morgan fingerprint density at radius 1 is 1.17 bits per heavy atom. The summed E-state index contributed by atoms with van der Waals surface area (Å²) in [6.07, 6.45) is 12.9. The highest BCUT2D eigenvalue weighted by Crippen LogP contribution is 2.42. The molecule has 2 heterocycles. The van der Waals surface area contributed by atoms with Crippen molar-refractivity contribution in [1.29, 1.82) is 0 Å². The summed E-state index contributed by atoms with van der Waals surface area (Å²) in [6.45, 7) is 0.725. The summed E-state index contributed by atoms with van der Waals surface area (Å²) in [7, 11) is 0. The Labute approximate surface area is 141 Å². The molecule has 0 radical (unpaired) electrons. The molecular formula is C18H22ClN3O. The second kappa shape index (κ2) is 6.52. The van der Waals surface area contributed by atoms with Gasteiger partial charge in [0, 0.05) is 36.0 Å². The Kier molecular flexibility index (Phi) is 4.25. The molecule has 23 heavy (non-hydrogen) atoms. The Balaban J connectivity index is 1.48. The van der Waals surface area contributed by atoms with Gasteiger partial charge in [0.15, 0.2) is 0 Å².